The van der Waals surface area contributed by atoms with Crippen LogP contribution < -0.4 is 11.1 Å². The molecular formula is C20H19F4N3OS. The van der Waals surface area contributed by atoms with E-state index in [0.717, 1.165) is 12.3 Å². The van der Waals surface area contributed by atoms with E-state index in [4.69, 9.17) is 5.73 Å². The Morgan fingerprint density at radius 3 is 2.45 bits per heavy atom. The molecule has 1 amide bonds. The number of primary amides is 1. The van der Waals surface area contributed by atoms with Crippen molar-refractivity contribution in [2.45, 2.75) is 26.6 Å². The Morgan fingerprint density at radius 2 is 1.90 bits per heavy atom. The highest BCUT2D eigenvalue weighted by atomic mass is 32.2. The normalized spacial score (nSPS) is 17.0. The second-order valence-electron chi connectivity index (χ2n) is 6.46. The summed E-state index contributed by atoms with van der Waals surface area (Å²) in [4.78, 5) is 13.8. The van der Waals surface area contributed by atoms with Gasteiger partial charge in [0.05, 0.1) is 27.6 Å². The van der Waals surface area contributed by atoms with Crippen molar-refractivity contribution in [3.05, 3.63) is 81.1 Å². The number of benzene rings is 1. The summed E-state index contributed by atoms with van der Waals surface area (Å²) in [6, 6.07) is 5.66. The van der Waals surface area contributed by atoms with Crippen LogP contribution in [0.2, 0.25) is 0 Å². The van der Waals surface area contributed by atoms with E-state index >= 15 is 0 Å². The molecule has 0 unspecified atom stereocenters. The lowest BCUT2D eigenvalue weighted by Crippen LogP contribution is -2.36. The van der Waals surface area contributed by atoms with Crippen LogP contribution in [0, 0.1) is 5.82 Å². The number of amides is 1. The van der Waals surface area contributed by atoms with Crippen molar-refractivity contribution in [3.63, 3.8) is 0 Å². The predicted octanol–water partition coefficient (Wildman–Crippen LogP) is 4.30. The van der Waals surface area contributed by atoms with E-state index in [-0.39, 0.29) is 17.8 Å². The van der Waals surface area contributed by atoms with Crippen molar-refractivity contribution >= 4 is 17.7 Å². The van der Waals surface area contributed by atoms with Gasteiger partial charge in [0.1, 0.15) is 5.82 Å². The van der Waals surface area contributed by atoms with Gasteiger partial charge >= 0.3 is 6.18 Å². The Bertz CT molecular complexity index is 959. The number of fused-ring (bicyclic) bond motifs is 1. The number of hydrogen-bond donors (Lipinski definition) is 2. The van der Waals surface area contributed by atoms with Gasteiger partial charge in [0, 0.05) is 12.7 Å². The van der Waals surface area contributed by atoms with Crippen LogP contribution in [0.5, 0.6) is 0 Å². The molecule has 1 aromatic rings. The smallest absolute Gasteiger partial charge is 0.366 e. The van der Waals surface area contributed by atoms with Gasteiger partial charge in [-0.05, 0) is 42.0 Å². The first-order chi connectivity index (χ1) is 13.6. The quantitative estimate of drug-likeness (QED) is 0.691. The van der Waals surface area contributed by atoms with E-state index < -0.39 is 23.5 Å². The number of halogens is 4. The van der Waals surface area contributed by atoms with Crippen LogP contribution in [0.3, 0.4) is 0 Å². The van der Waals surface area contributed by atoms with Gasteiger partial charge in [0.25, 0.3) is 5.91 Å². The zero-order chi connectivity index (χ0) is 21.3. The van der Waals surface area contributed by atoms with Crippen LogP contribution in [0.25, 0.3) is 0 Å². The number of rotatable bonds is 5. The van der Waals surface area contributed by atoms with Crippen LogP contribution in [-0.4, -0.2) is 22.7 Å². The van der Waals surface area contributed by atoms with Crippen LogP contribution in [0.4, 0.5) is 17.6 Å². The molecule has 0 saturated heterocycles. The Morgan fingerprint density at radius 1 is 1.24 bits per heavy atom. The summed E-state index contributed by atoms with van der Waals surface area (Å²) >= 11 is 1.31. The van der Waals surface area contributed by atoms with E-state index in [1.807, 2.05) is 6.92 Å². The Labute approximate surface area is 169 Å². The van der Waals surface area contributed by atoms with Gasteiger partial charge in [-0.15, -0.1) is 11.8 Å². The van der Waals surface area contributed by atoms with Crippen molar-refractivity contribution in [3.8, 4) is 0 Å². The van der Waals surface area contributed by atoms with Crippen LogP contribution >= 0.6 is 11.8 Å². The molecule has 4 nitrogen and oxygen atoms in total. The van der Waals surface area contributed by atoms with Crippen LogP contribution in [-0.2, 0) is 11.3 Å². The molecule has 2 aliphatic heterocycles. The molecule has 0 atom stereocenters. The second kappa shape index (κ2) is 7.98. The number of nitrogens with one attached hydrogen (secondary N) is 1. The molecule has 9 heteroatoms. The van der Waals surface area contributed by atoms with E-state index in [2.05, 4.69) is 5.32 Å². The van der Waals surface area contributed by atoms with Gasteiger partial charge in [-0.3, -0.25) is 4.79 Å². The topological polar surface area (TPSA) is 58.4 Å². The maximum absolute atomic E-state index is 13.3. The first kappa shape index (κ1) is 21.0. The lowest BCUT2D eigenvalue weighted by atomic mass is 9.96. The number of carbonyl (C=O) groups excluding carboxylic acids is 1. The van der Waals surface area contributed by atoms with E-state index in [9.17, 15) is 22.4 Å². The molecule has 0 radical (unpaired) electrons. The summed E-state index contributed by atoms with van der Waals surface area (Å²) < 4.78 is 53.3. The van der Waals surface area contributed by atoms with Crippen molar-refractivity contribution < 1.29 is 22.4 Å². The highest BCUT2D eigenvalue weighted by Gasteiger charge is 2.38. The number of nitrogens with zero attached hydrogens (tertiary/aromatic N) is 1. The van der Waals surface area contributed by atoms with E-state index in [0.29, 0.717) is 27.6 Å². The van der Waals surface area contributed by atoms with Crippen molar-refractivity contribution in [1.29, 1.82) is 0 Å². The number of carbonyl (C=O) groups is 1. The van der Waals surface area contributed by atoms with E-state index in [1.54, 1.807) is 24.0 Å². The monoisotopic (exact) mass is 425 g/mol. The molecule has 0 bridgehead atoms. The van der Waals surface area contributed by atoms with Crippen molar-refractivity contribution in [2.75, 3.05) is 5.75 Å². The predicted molar refractivity (Wildman–Crippen MR) is 104 cm³/mol. The number of hydrogen-bond acceptors (Lipinski definition) is 4. The molecule has 2 heterocycles. The Hall–Kier alpha value is -2.68. The first-order valence-corrected chi connectivity index (χ1v) is 9.78. The largest absolute Gasteiger partial charge is 0.417 e. The lowest BCUT2D eigenvalue weighted by Gasteiger charge is -2.38. The highest BCUT2D eigenvalue weighted by molar-refractivity contribution is 8.03. The maximum atomic E-state index is 13.3. The number of nitrogens with two attached hydrogens (primary N) is 1. The summed E-state index contributed by atoms with van der Waals surface area (Å²) in [5, 5.41) is 3.15. The molecule has 154 valence electrons. The fourth-order valence-corrected chi connectivity index (χ4v) is 4.19. The third kappa shape index (κ3) is 4.19. The average Bonchev–Trinajstić information content (AvgIpc) is 2.65. The van der Waals surface area contributed by atoms with Gasteiger partial charge in [0.15, 0.2) is 0 Å². The number of allylic oxidation sites excluding steroid dienone is 2. The fourth-order valence-electron chi connectivity index (χ4n) is 3.20. The standard InChI is InChI=1S/C20H19F4N3OS/c1-3-29-19-16(18(25)28)11(2)17-15(8-13(9-26-17)20(22,23)24)27(19)10-12-4-6-14(21)7-5-12/h4-9,26H,3,10H2,1-2H3,(H2,25,28). The SMILES string of the molecule is CCSC1=C(C(N)=O)C(C)=C2NC=C(C(F)(F)F)C=C2N1Cc1ccc(F)cc1. The highest BCUT2D eigenvalue weighted by Crippen LogP contribution is 2.42. The Kier molecular flexibility index (Phi) is 5.79. The number of dihydropyridines is 1. The zero-order valence-corrected chi connectivity index (χ0v) is 16.5. The summed E-state index contributed by atoms with van der Waals surface area (Å²) in [7, 11) is 0. The molecule has 2 aliphatic rings. The zero-order valence-electron chi connectivity index (χ0n) is 15.7. The van der Waals surface area contributed by atoms with Gasteiger partial charge in [-0.2, -0.15) is 13.2 Å². The van der Waals surface area contributed by atoms with Crippen molar-refractivity contribution in [1.82, 2.24) is 10.2 Å². The van der Waals surface area contributed by atoms with Gasteiger partial charge < -0.3 is 16.0 Å². The third-order valence-corrected chi connectivity index (χ3v) is 5.52. The van der Waals surface area contributed by atoms with Crippen LogP contribution in [0.15, 0.2) is 69.7 Å². The summed E-state index contributed by atoms with van der Waals surface area (Å²) in [6.07, 6.45) is -2.62. The Balaban J connectivity index is 2.17. The maximum Gasteiger partial charge on any atom is 0.417 e. The molecule has 29 heavy (non-hydrogen) atoms. The minimum atomic E-state index is -4.53. The molecule has 0 aliphatic carbocycles. The molecule has 3 rings (SSSR count). The average molecular weight is 425 g/mol. The number of alkyl halides is 3. The van der Waals surface area contributed by atoms with Crippen molar-refractivity contribution in [2.24, 2.45) is 5.73 Å². The fraction of sp³-hybridized carbons (Fsp3) is 0.250. The number of thioether (sulfide) groups is 1. The minimum absolute atomic E-state index is 0.148. The van der Waals surface area contributed by atoms with Crippen LogP contribution in [0.1, 0.15) is 19.4 Å². The molecule has 1 aromatic carbocycles. The molecule has 0 aromatic heterocycles. The summed E-state index contributed by atoms with van der Waals surface area (Å²) in [5.41, 5.74) is 6.84. The summed E-state index contributed by atoms with van der Waals surface area (Å²) in [6.45, 7) is 3.67. The van der Waals surface area contributed by atoms with Gasteiger partial charge in [-0.25, -0.2) is 4.39 Å². The molecular weight excluding hydrogens is 406 g/mol. The molecule has 0 spiro atoms. The lowest BCUT2D eigenvalue weighted by molar-refractivity contribution is -0.114. The molecule has 0 saturated carbocycles. The molecule has 0 fully saturated rings. The summed E-state index contributed by atoms with van der Waals surface area (Å²) in [5.74, 6) is -0.500. The molecule has 3 N–H and O–H groups in total. The van der Waals surface area contributed by atoms with Gasteiger partial charge in [-0.1, -0.05) is 19.1 Å². The third-order valence-electron chi connectivity index (χ3n) is 4.53. The van der Waals surface area contributed by atoms with Gasteiger partial charge in [0.2, 0.25) is 0 Å². The second-order valence-corrected chi connectivity index (χ2v) is 7.71. The minimum Gasteiger partial charge on any atom is -0.366 e. The first-order valence-electron chi connectivity index (χ1n) is 8.79. The van der Waals surface area contributed by atoms with E-state index in [1.165, 1.54) is 23.9 Å².